The lowest BCUT2D eigenvalue weighted by Crippen LogP contribution is -2.13. The van der Waals surface area contributed by atoms with E-state index in [1.54, 1.807) is 7.11 Å². The van der Waals surface area contributed by atoms with Crippen molar-refractivity contribution in [1.29, 1.82) is 0 Å². The lowest BCUT2D eigenvalue weighted by molar-refractivity contribution is 0.254. The van der Waals surface area contributed by atoms with E-state index in [1.165, 1.54) is 12.8 Å². The Labute approximate surface area is 106 Å². The summed E-state index contributed by atoms with van der Waals surface area (Å²) in [5.74, 6) is 2.29. The third-order valence-electron chi connectivity index (χ3n) is 2.44. The van der Waals surface area contributed by atoms with Crippen LogP contribution >= 0.6 is 15.9 Å². The summed E-state index contributed by atoms with van der Waals surface area (Å²) in [4.78, 5) is 0. The van der Waals surface area contributed by atoms with Gasteiger partial charge in [0.25, 0.3) is 0 Å². The second kappa shape index (κ2) is 7.55. The van der Waals surface area contributed by atoms with Crippen molar-refractivity contribution in [2.45, 2.75) is 19.8 Å². The molecule has 0 aromatic heterocycles. The maximum absolute atomic E-state index is 5.74. The van der Waals surface area contributed by atoms with E-state index in [0.29, 0.717) is 5.92 Å². The van der Waals surface area contributed by atoms with Gasteiger partial charge in [0, 0.05) is 17.3 Å². The number of benzene rings is 1. The Morgan fingerprint density at radius 2 is 2.06 bits per heavy atom. The van der Waals surface area contributed by atoms with Crippen LogP contribution in [-0.2, 0) is 0 Å². The molecule has 0 N–H and O–H groups in total. The summed E-state index contributed by atoms with van der Waals surface area (Å²) in [5, 5.41) is 0.991. The molecule has 0 aliphatic heterocycles. The largest absolute Gasteiger partial charge is 0.497 e. The normalized spacial score (nSPS) is 12.2. The van der Waals surface area contributed by atoms with Gasteiger partial charge in [-0.25, -0.2) is 0 Å². The fraction of sp³-hybridized carbons (Fsp3) is 0.538. The van der Waals surface area contributed by atoms with Gasteiger partial charge in [0.1, 0.15) is 11.5 Å². The van der Waals surface area contributed by atoms with E-state index >= 15 is 0 Å². The topological polar surface area (TPSA) is 18.5 Å². The first-order chi connectivity index (χ1) is 7.80. The molecule has 0 bridgehead atoms. The molecule has 1 atom stereocenters. The van der Waals surface area contributed by atoms with Crippen LogP contribution in [-0.4, -0.2) is 19.0 Å². The Morgan fingerprint density at radius 1 is 1.31 bits per heavy atom. The highest BCUT2D eigenvalue weighted by Gasteiger charge is 2.07. The van der Waals surface area contributed by atoms with Crippen LogP contribution in [0.5, 0.6) is 11.5 Å². The zero-order valence-corrected chi connectivity index (χ0v) is 11.5. The summed E-state index contributed by atoms with van der Waals surface area (Å²) >= 11 is 3.51. The summed E-state index contributed by atoms with van der Waals surface area (Å²) in [6, 6.07) is 7.73. The Bertz CT molecular complexity index is 302. The molecule has 90 valence electrons. The van der Waals surface area contributed by atoms with Crippen molar-refractivity contribution in [3.63, 3.8) is 0 Å². The third kappa shape index (κ3) is 4.44. The second-order valence-corrected chi connectivity index (χ2v) is 4.45. The molecule has 1 aromatic rings. The van der Waals surface area contributed by atoms with Crippen LogP contribution in [0.4, 0.5) is 0 Å². The molecular formula is C13H19BrO2. The average Bonchev–Trinajstić information content (AvgIpc) is 2.34. The zero-order chi connectivity index (χ0) is 11.8. The highest BCUT2D eigenvalue weighted by molar-refractivity contribution is 9.09. The van der Waals surface area contributed by atoms with Crippen molar-refractivity contribution >= 4 is 15.9 Å². The molecule has 2 nitrogen and oxygen atoms in total. The first kappa shape index (κ1) is 13.4. The number of ether oxygens (including phenoxy) is 2. The van der Waals surface area contributed by atoms with Crippen LogP contribution in [0.3, 0.4) is 0 Å². The molecule has 0 aliphatic rings. The van der Waals surface area contributed by atoms with Gasteiger partial charge in [-0.15, -0.1) is 0 Å². The maximum atomic E-state index is 5.74. The number of rotatable bonds is 7. The van der Waals surface area contributed by atoms with Gasteiger partial charge in [-0.05, 0) is 18.6 Å². The molecule has 16 heavy (non-hydrogen) atoms. The lowest BCUT2D eigenvalue weighted by Gasteiger charge is -2.14. The van der Waals surface area contributed by atoms with E-state index in [0.717, 1.165) is 23.4 Å². The van der Waals surface area contributed by atoms with Gasteiger partial charge in [0.15, 0.2) is 0 Å². The molecule has 0 saturated carbocycles. The number of hydrogen-bond acceptors (Lipinski definition) is 2. The third-order valence-corrected chi connectivity index (χ3v) is 3.36. The van der Waals surface area contributed by atoms with Gasteiger partial charge in [0.05, 0.1) is 13.7 Å². The van der Waals surface area contributed by atoms with Gasteiger partial charge in [-0.1, -0.05) is 35.3 Å². The molecule has 0 radical (unpaired) electrons. The first-order valence-electron chi connectivity index (χ1n) is 5.63. The molecular weight excluding hydrogens is 268 g/mol. The van der Waals surface area contributed by atoms with Crippen molar-refractivity contribution in [2.75, 3.05) is 19.0 Å². The molecule has 1 rings (SSSR count). The van der Waals surface area contributed by atoms with Gasteiger partial charge >= 0.3 is 0 Å². The molecule has 0 saturated heterocycles. The Balaban J connectivity index is 2.46. The van der Waals surface area contributed by atoms with Crippen molar-refractivity contribution < 1.29 is 9.47 Å². The van der Waals surface area contributed by atoms with Crippen LogP contribution in [0.2, 0.25) is 0 Å². The minimum atomic E-state index is 0.580. The van der Waals surface area contributed by atoms with E-state index in [4.69, 9.17) is 9.47 Å². The highest BCUT2D eigenvalue weighted by atomic mass is 79.9. The minimum Gasteiger partial charge on any atom is -0.497 e. The van der Waals surface area contributed by atoms with Crippen molar-refractivity contribution in [1.82, 2.24) is 0 Å². The highest BCUT2D eigenvalue weighted by Crippen LogP contribution is 2.20. The summed E-state index contributed by atoms with van der Waals surface area (Å²) in [7, 11) is 1.66. The number of alkyl halides is 1. The van der Waals surface area contributed by atoms with Gasteiger partial charge in [0.2, 0.25) is 0 Å². The van der Waals surface area contributed by atoms with Gasteiger partial charge in [-0.2, -0.15) is 0 Å². The van der Waals surface area contributed by atoms with Crippen molar-refractivity contribution in [3.8, 4) is 11.5 Å². The van der Waals surface area contributed by atoms with Crippen molar-refractivity contribution in [2.24, 2.45) is 5.92 Å². The fourth-order valence-electron chi connectivity index (χ4n) is 1.52. The molecule has 3 heteroatoms. The molecule has 0 amide bonds. The number of hydrogen-bond donors (Lipinski definition) is 0. The van der Waals surface area contributed by atoms with Gasteiger partial charge in [-0.3, -0.25) is 0 Å². The smallest absolute Gasteiger partial charge is 0.122 e. The molecule has 0 fully saturated rings. The van der Waals surface area contributed by atoms with E-state index < -0.39 is 0 Å². The molecule has 0 spiro atoms. The monoisotopic (exact) mass is 286 g/mol. The van der Waals surface area contributed by atoms with Crippen molar-refractivity contribution in [3.05, 3.63) is 24.3 Å². The van der Waals surface area contributed by atoms with E-state index in [9.17, 15) is 0 Å². The van der Waals surface area contributed by atoms with E-state index in [2.05, 4.69) is 22.9 Å². The Hall–Kier alpha value is -0.700. The predicted molar refractivity (Wildman–Crippen MR) is 70.7 cm³/mol. The second-order valence-electron chi connectivity index (χ2n) is 3.80. The zero-order valence-electron chi connectivity index (χ0n) is 9.91. The molecule has 0 heterocycles. The lowest BCUT2D eigenvalue weighted by atomic mass is 10.1. The summed E-state index contributed by atoms with van der Waals surface area (Å²) in [6.45, 7) is 2.95. The minimum absolute atomic E-state index is 0.580. The molecule has 1 aromatic carbocycles. The molecule has 1 unspecified atom stereocenters. The quantitative estimate of drug-likeness (QED) is 0.708. The van der Waals surface area contributed by atoms with E-state index in [-0.39, 0.29) is 0 Å². The van der Waals surface area contributed by atoms with Gasteiger partial charge < -0.3 is 9.47 Å². The van der Waals surface area contributed by atoms with Crippen LogP contribution < -0.4 is 9.47 Å². The number of halogens is 1. The number of methoxy groups -OCH3 is 1. The summed E-state index contributed by atoms with van der Waals surface area (Å²) < 4.78 is 10.9. The Kier molecular flexibility index (Phi) is 6.31. The average molecular weight is 287 g/mol. The standard InChI is InChI=1S/C13H19BrO2/c1-3-5-11(9-14)10-16-13-7-4-6-12(8-13)15-2/h4,6-8,11H,3,5,9-10H2,1-2H3. The SMILES string of the molecule is CCCC(CBr)COc1cccc(OC)c1. The van der Waals surface area contributed by atoms with Crippen LogP contribution in [0.25, 0.3) is 0 Å². The van der Waals surface area contributed by atoms with Crippen LogP contribution in [0, 0.1) is 5.92 Å². The van der Waals surface area contributed by atoms with E-state index in [1.807, 2.05) is 24.3 Å². The molecule has 0 aliphatic carbocycles. The predicted octanol–water partition coefficient (Wildman–Crippen LogP) is 3.89. The summed E-state index contributed by atoms with van der Waals surface area (Å²) in [5.41, 5.74) is 0. The van der Waals surface area contributed by atoms with Crippen LogP contribution in [0.1, 0.15) is 19.8 Å². The maximum Gasteiger partial charge on any atom is 0.122 e. The van der Waals surface area contributed by atoms with Crippen LogP contribution in [0.15, 0.2) is 24.3 Å². The Morgan fingerprint density at radius 3 is 2.69 bits per heavy atom. The summed E-state index contributed by atoms with van der Waals surface area (Å²) in [6.07, 6.45) is 2.38. The first-order valence-corrected chi connectivity index (χ1v) is 6.75. The fourth-order valence-corrected chi connectivity index (χ4v) is 2.03.